The summed E-state index contributed by atoms with van der Waals surface area (Å²) in [7, 11) is 0. The molecule has 2 aliphatic rings. The van der Waals surface area contributed by atoms with E-state index in [9.17, 15) is 0 Å². The topological polar surface area (TPSA) is 48.1 Å². The minimum absolute atomic E-state index is 0.208. The number of nitrogens with two attached hydrogens (primary N) is 1. The molecule has 2 N–H and O–H groups in total. The van der Waals surface area contributed by atoms with Gasteiger partial charge >= 0.3 is 0 Å². The second-order valence-electron chi connectivity index (χ2n) is 5.88. The predicted molar refractivity (Wildman–Crippen MR) is 72.2 cm³/mol. The summed E-state index contributed by atoms with van der Waals surface area (Å²) in [5.41, 5.74) is 8.31. The first-order valence-electron chi connectivity index (χ1n) is 7.10. The third-order valence-electron chi connectivity index (χ3n) is 4.56. The quantitative estimate of drug-likeness (QED) is 0.872. The molecule has 0 amide bonds. The van der Waals surface area contributed by atoms with Crippen LogP contribution in [0.1, 0.15) is 44.1 Å². The van der Waals surface area contributed by atoms with Gasteiger partial charge in [0, 0.05) is 24.7 Å². The summed E-state index contributed by atoms with van der Waals surface area (Å²) in [6.07, 6.45) is 12.3. The molecule has 1 atom stereocenters. The number of nitrogen functional groups attached to an aromatic ring is 1. The van der Waals surface area contributed by atoms with Crippen molar-refractivity contribution >= 4 is 5.69 Å². The molecule has 3 rings (SSSR count). The molecule has 0 aromatic carbocycles. The fourth-order valence-corrected chi connectivity index (χ4v) is 3.59. The molecule has 2 fully saturated rings. The number of hydrogen-bond donors (Lipinski definition) is 1. The summed E-state index contributed by atoms with van der Waals surface area (Å²) in [6, 6.07) is 1.90. The Bertz CT molecular complexity index is 413. The molecule has 1 saturated carbocycles. The largest absolute Gasteiger partial charge is 0.398 e. The van der Waals surface area contributed by atoms with Crippen LogP contribution in [0.5, 0.6) is 0 Å². The van der Waals surface area contributed by atoms with Crippen molar-refractivity contribution in [2.75, 3.05) is 12.3 Å². The molecule has 1 spiro atoms. The average Bonchev–Trinajstić information content (AvgIpc) is 2.80. The van der Waals surface area contributed by atoms with E-state index in [-0.39, 0.29) is 5.60 Å². The number of aromatic nitrogens is 1. The van der Waals surface area contributed by atoms with Crippen LogP contribution in [0.3, 0.4) is 0 Å². The third kappa shape index (κ3) is 2.37. The number of rotatable bonds is 2. The smallest absolute Gasteiger partial charge is 0.0685 e. The van der Waals surface area contributed by atoms with Crippen molar-refractivity contribution in [2.24, 2.45) is 5.92 Å². The molecule has 3 heteroatoms. The maximum Gasteiger partial charge on any atom is 0.0685 e. The fourth-order valence-electron chi connectivity index (χ4n) is 3.59. The van der Waals surface area contributed by atoms with Gasteiger partial charge < -0.3 is 10.5 Å². The first-order chi connectivity index (χ1) is 8.77. The fraction of sp³-hybridized carbons (Fsp3) is 0.667. The van der Waals surface area contributed by atoms with Crippen LogP contribution >= 0.6 is 0 Å². The Balaban J connectivity index is 1.68. The molecule has 1 aliphatic carbocycles. The Hall–Kier alpha value is -1.09. The van der Waals surface area contributed by atoms with Crippen LogP contribution in [0.2, 0.25) is 0 Å². The second-order valence-corrected chi connectivity index (χ2v) is 5.88. The van der Waals surface area contributed by atoms with E-state index in [0.29, 0.717) is 5.92 Å². The lowest BCUT2D eigenvalue weighted by Crippen LogP contribution is -2.37. The number of nitrogens with zero attached hydrogens (tertiary/aromatic N) is 1. The van der Waals surface area contributed by atoms with Crippen molar-refractivity contribution in [3.05, 3.63) is 24.0 Å². The lowest BCUT2D eigenvalue weighted by atomic mass is 9.81. The van der Waals surface area contributed by atoms with E-state index in [0.717, 1.165) is 25.1 Å². The van der Waals surface area contributed by atoms with Gasteiger partial charge in [-0.1, -0.05) is 12.8 Å². The maximum atomic E-state index is 6.08. The summed E-state index contributed by atoms with van der Waals surface area (Å²) in [6.45, 7) is 0.921. The van der Waals surface area contributed by atoms with E-state index < -0.39 is 0 Å². The van der Waals surface area contributed by atoms with Crippen molar-refractivity contribution in [2.45, 2.75) is 50.5 Å². The van der Waals surface area contributed by atoms with Gasteiger partial charge in [-0.15, -0.1) is 0 Å². The van der Waals surface area contributed by atoms with Crippen molar-refractivity contribution < 1.29 is 4.74 Å². The van der Waals surface area contributed by atoms with Crippen molar-refractivity contribution in [1.82, 2.24) is 4.98 Å². The van der Waals surface area contributed by atoms with E-state index in [4.69, 9.17) is 10.5 Å². The molecule has 1 aromatic heterocycles. The highest BCUT2D eigenvalue weighted by Gasteiger charge is 2.39. The predicted octanol–water partition coefficient (Wildman–Crippen LogP) is 2.95. The molecule has 1 unspecified atom stereocenters. The monoisotopic (exact) mass is 246 g/mol. The van der Waals surface area contributed by atoms with Crippen LogP contribution < -0.4 is 5.73 Å². The molecule has 0 bridgehead atoms. The Kier molecular flexibility index (Phi) is 3.25. The van der Waals surface area contributed by atoms with Gasteiger partial charge in [-0.2, -0.15) is 0 Å². The van der Waals surface area contributed by atoms with Gasteiger partial charge in [0.25, 0.3) is 0 Å². The summed E-state index contributed by atoms with van der Waals surface area (Å²) in [5.74, 6) is 0.711. The summed E-state index contributed by atoms with van der Waals surface area (Å²) in [4.78, 5) is 4.19. The molecular weight excluding hydrogens is 224 g/mol. The van der Waals surface area contributed by atoms with Crippen LogP contribution in [-0.4, -0.2) is 17.2 Å². The van der Waals surface area contributed by atoms with Gasteiger partial charge in [-0.05, 0) is 49.7 Å². The van der Waals surface area contributed by atoms with E-state index in [1.54, 1.807) is 6.20 Å². The van der Waals surface area contributed by atoms with Gasteiger partial charge in [0.2, 0.25) is 0 Å². The molecule has 1 aromatic rings. The number of pyridine rings is 1. The molecular formula is C15H22N2O. The standard InChI is InChI=1S/C15H22N2O/c16-14-3-7-17-11-13(14)9-12-4-8-18-15(10-12)5-1-2-6-15/h3,7,11-12H,1-2,4-6,8-10H2,(H2,16,17). The van der Waals surface area contributed by atoms with Crippen molar-refractivity contribution in [3.8, 4) is 0 Å². The van der Waals surface area contributed by atoms with Crippen LogP contribution in [0.4, 0.5) is 5.69 Å². The number of hydrogen-bond acceptors (Lipinski definition) is 3. The van der Waals surface area contributed by atoms with Crippen molar-refractivity contribution in [3.63, 3.8) is 0 Å². The Labute approximate surface area is 109 Å². The molecule has 1 aliphatic heterocycles. The summed E-state index contributed by atoms with van der Waals surface area (Å²) >= 11 is 0. The minimum Gasteiger partial charge on any atom is -0.398 e. The van der Waals surface area contributed by atoms with Crippen LogP contribution in [0.15, 0.2) is 18.5 Å². The second kappa shape index (κ2) is 4.88. The van der Waals surface area contributed by atoms with E-state index >= 15 is 0 Å². The third-order valence-corrected chi connectivity index (χ3v) is 4.56. The van der Waals surface area contributed by atoms with Crippen molar-refractivity contribution in [1.29, 1.82) is 0 Å². The lowest BCUT2D eigenvalue weighted by molar-refractivity contribution is -0.0923. The minimum atomic E-state index is 0.208. The van der Waals surface area contributed by atoms with Gasteiger partial charge in [-0.3, -0.25) is 4.98 Å². The maximum absolute atomic E-state index is 6.08. The Morgan fingerprint density at radius 1 is 1.39 bits per heavy atom. The molecule has 3 nitrogen and oxygen atoms in total. The first kappa shape index (κ1) is 12.0. The highest BCUT2D eigenvalue weighted by molar-refractivity contribution is 5.44. The molecule has 2 heterocycles. The van der Waals surface area contributed by atoms with Crippen LogP contribution in [0, 0.1) is 5.92 Å². The van der Waals surface area contributed by atoms with E-state index in [1.165, 1.54) is 37.7 Å². The number of ether oxygens (including phenoxy) is 1. The highest BCUT2D eigenvalue weighted by atomic mass is 16.5. The lowest BCUT2D eigenvalue weighted by Gasteiger charge is -2.38. The average molecular weight is 246 g/mol. The first-order valence-corrected chi connectivity index (χ1v) is 7.10. The van der Waals surface area contributed by atoms with Crippen LogP contribution in [0.25, 0.3) is 0 Å². The Morgan fingerprint density at radius 2 is 2.22 bits per heavy atom. The molecule has 98 valence electrons. The summed E-state index contributed by atoms with van der Waals surface area (Å²) < 4.78 is 6.08. The van der Waals surface area contributed by atoms with Gasteiger partial charge in [0.1, 0.15) is 0 Å². The Morgan fingerprint density at radius 3 is 3.00 bits per heavy atom. The zero-order valence-electron chi connectivity index (χ0n) is 10.9. The van der Waals surface area contributed by atoms with Gasteiger partial charge in [-0.25, -0.2) is 0 Å². The van der Waals surface area contributed by atoms with E-state index in [1.807, 2.05) is 12.3 Å². The van der Waals surface area contributed by atoms with Gasteiger partial charge in [0.05, 0.1) is 5.60 Å². The molecule has 18 heavy (non-hydrogen) atoms. The summed E-state index contributed by atoms with van der Waals surface area (Å²) in [5, 5.41) is 0. The highest BCUT2D eigenvalue weighted by Crippen LogP contribution is 2.42. The number of anilines is 1. The zero-order chi connectivity index (χ0) is 12.4. The molecule has 1 saturated heterocycles. The van der Waals surface area contributed by atoms with Crippen LogP contribution in [-0.2, 0) is 11.2 Å². The molecule has 0 radical (unpaired) electrons. The normalized spacial score (nSPS) is 26.6. The van der Waals surface area contributed by atoms with E-state index in [2.05, 4.69) is 4.98 Å². The van der Waals surface area contributed by atoms with Gasteiger partial charge in [0.15, 0.2) is 0 Å². The SMILES string of the molecule is Nc1ccncc1CC1CCOC2(CCCC2)C1. The zero-order valence-corrected chi connectivity index (χ0v) is 10.9.